The zero-order valence-electron chi connectivity index (χ0n) is 9.89. The topological polar surface area (TPSA) is 48.7 Å². The van der Waals surface area contributed by atoms with Gasteiger partial charge in [0, 0.05) is 11.1 Å². The number of pyridine rings is 1. The van der Waals surface area contributed by atoms with E-state index in [0.717, 1.165) is 16.3 Å². The van der Waals surface area contributed by atoms with Crippen LogP contribution in [0.15, 0.2) is 42.6 Å². The number of nitrogens with one attached hydrogen (secondary N) is 1. The lowest BCUT2D eigenvalue weighted by molar-refractivity contribution is 0.883. The van der Waals surface area contributed by atoms with Crippen molar-refractivity contribution < 1.29 is 0 Å². The van der Waals surface area contributed by atoms with Crippen LogP contribution in [0.2, 0.25) is 5.02 Å². The van der Waals surface area contributed by atoms with E-state index in [2.05, 4.69) is 10.3 Å². The number of anilines is 1. The Kier molecular flexibility index (Phi) is 3.81. The fourth-order valence-electron chi connectivity index (χ4n) is 1.65. The summed E-state index contributed by atoms with van der Waals surface area (Å²) in [5, 5.41) is 12.7. The molecule has 0 radical (unpaired) electrons. The van der Waals surface area contributed by atoms with E-state index in [9.17, 15) is 0 Å². The van der Waals surface area contributed by atoms with Crippen LogP contribution >= 0.6 is 11.6 Å². The van der Waals surface area contributed by atoms with E-state index in [1.807, 2.05) is 43.3 Å². The highest BCUT2D eigenvalue weighted by Gasteiger charge is 2.05. The molecule has 0 saturated heterocycles. The molecule has 2 rings (SSSR count). The molecule has 0 spiro atoms. The SMILES string of the molecule is CC(Nc1ccc(C#N)nc1)c1cccc(Cl)c1. The Bertz CT molecular complexity index is 572. The van der Waals surface area contributed by atoms with Gasteiger partial charge in [-0.1, -0.05) is 23.7 Å². The fourth-order valence-corrected chi connectivity index (χ4v) is 1.85. The van der Waals surface area contributed by atoms with Crippen molar-refractivity contribution in [3.8, 4) is 6.07 Å². The van der Waals surface area contributed by atoms with E-state index in [-0.39, 0.29) is 6.04 Å². The Morgan fingerprint density at radius 2 is 2.17 bits per heavy atom. The second-order valence-electron chi connectivity index (χ2n) is 3.96. The van der Waals surface area contributed by atoms with Gasteiger partial charge in [0.15, 0.2) is 0 Å². The van der Waals surface area contributed by atoms with Crippen molar-refractivity contribution in [1.82, 2.24) is 4.98 Å². The Morgan fingerprint density at radius 1 is 1.33 bits per heavy atom. The van der Waals surface area contributed by atoms with Crippen LogP contribution in [0.25, 0.3) is 0 Å². The highest BCUT2D eigenvalue weighted by atomic mass is 35.5. The van der Waals surface area contributed by atoms with Crippen molar-refractivity contribution in [2.45, 2.75) is 13.0 Å². The average molecular weight is 258 g/mol. The molecule has 0 aliphatic heterocycles. The van der Waals surface area contributed by atoms with Gasteiger partial charge in [-0.05, 0) is 36.8 Å². The summed E-state index contributed by atoms with van der Waals surface area (Å²) in [6.07, 6.45) is 1.65. The van der Waals surface area contributed by atoms with Crippen LogP contribution in [0.5, 0.6) is 0 Å². The molecule has 1 heterocycles. The zero-order valence-corrected chi connectivity index (χ0v) is 10.6. The van der Waals surface area contributed by atoms with Crippen LogP contribution in [0.3, 0.4) is 0 Å². The number of rotatable bonds is 3. The summed E-state index contributed by atoms with van der Waals surface area (Å²) in [5.74, 6) is 0. The Balaban J connectivity index is 2.11. The normalized spacial score (nSPS) is 11.6. The maximum absolute atomic E-state index is 8.67. The molecule has 1 aromatic carbocycles. The molecule has 0 amide bonds. The summed E-state index contributed by atoms with van der Waals surface area (Å²) < 4.78 is 0. The van der Waals surface area contributed by atoms with Gasteiger partial charge in [0.25, 0.3) is 0 Å². The second-order valence-corrected chi connectivity index (χ2v) is 4.40. The smallest absolute Gasteiger partial charge is 0.140 e. The quantitative estimate of drug-likeness (QED) is 0.910. The molecule has 18 heavy (non-hydrogen) atoms. The van der Waals surface area contributed by atoms with Crippen molar-refractivity contribution in [2.24, 2.45) is 0 Å². The van der Waals surface area contributed by atoms with Crippen molar-refractivity contribution in [3.05, 3.63) is 58.9 Å². The van der Waals surface area contributed by atoms with Gasteiger partial charge in [-0.25, -0.2) is 4.98 Å². The van der Waals surface area contributed by atoms with E-state index in [4.69, 9.17) is 16.9 Å². The first-order valence-corrected chi connectivity index (χ1v) is 5.95. The summed E-state index contributed by atoms with van der Waals surface area (Å²) in [6.45, 7) is 2.05. The first-order valence-electron chi connectivity index (χ1n) is 5.57. The average Bonchev–Trinajstić information content (AvgIpc) is 2.39. The van der Waals surface area contributed by atoms with Crippen LogP contribution in [0.1, 0.15) is 24.2 Å². The van der Waals surface area contributed by atoms with Crippen LogP contribution in [0, 0.1) is 11.3 Å². The van der Waals surface area contributed by atoms with Crippen LogP contribution < -0.4 is 5.32 Å². The summed E-state index contributed by atoms with van der Waals surface area (Å²) in [5.41, 5.74) is 2.39. The predicted octanol–water partition coefficient (Wildman–Crippen LogP) is 3.78. The molecule has 0 aliphatic rings. The number of halogens is 1. The molecular weight excluding hydrogens is 246 g/mol. The first kappa shape index (κ1) is 12.4. The number of hydrogen-bond acceptors (Lipinski definition) is 3. The number of benzene rings is 1. The minimum Gasteiger partial charge on any atom is -0.377 e. The molecule has 0 aliphatic carbocycles. The van der Waals surface area contributed by atoms with Gasteiger partial charge in [0.1, 0.15) is 11.8 Å². The summed E-state index contributed by atoms with van der Waals surface area (Å²) in [4.78, 5) is 4.01. The minimum absolute atomic E-state index is 0.124. The molecule has 4 heteroatoms. The Morgan fingerprint density at radius 3 is 2.78 bits per heavy atom. The minimum atomic E-state index is 0.124. The lowest BCUT2D eigenvalue weighted by Gasteiger charge is -2.15. The van der Waals surface area contributed by atoms with Gasteiger partial charge in [-0.3, -0.25) is 0 Å². The zero-order chi connectivity index (χ0) is 13.0. The number of hydrogen-bond donors (Lipinski definition) is 1. The van der Waals surface area contributed by atoms with Crippen LogP contribution in [-0.4, -0.2) is 4.98 Å². The van der Waals surface area contributed by atoms with Gasteiger partial charge >= 0.3 is 0 Å². The Labute approximate surface area is 111 Å². The second kappa shape index (κ2) is 5.52. The molecule has 1 unspecified atom stereocenters. The molecule has 2 aromatic rings. The highest BCUT2D eigenvalue weighted by molar-refractivity contribution is 6.30. The molecule has 3 nitrogen and oxygen atoms in total. The molecule has 90 valence electrons. The van der Waals surface area contributed by atoms with E-state index < -0.39 is 0 Å². The standard InChI is InChI=1S/C14H12ClN3/c1-10(11-3-2-4-12(15)7-11)18-14-6-5-13(8-16)17-9-14/h2-7,9-10,18H,1H3. The first-order chi connectivity index (χ1) is 8.69. The monoisotopic (exact) mass is 257 g/mol. The van der Waals surface area contributed by atoms with E-state index in [1.54, 1.807) is 12.3 Å². The Hall–Kier alpha value is -2.05. The largest absolute Gasteiger partial charge is 0.377 e. The predicted molar refractivity (Wildman–Crippen MR) is 72.4 cm³/mol. The molecular formula is C14H12ClN3. The number of nitriles is 1. The van der Waals surface area contributed by atoms with Gasteiger partial charge in [0.05, 0.1) is 11.9 Å². The third-order valence-electron chi connectivity index (χ3n) is 2.61. The van der Waals surface area contributed by atoms with E-state index >= 15 is 0 Å². The molecule has 1 atom stereocenters. The molecule has 0 bridgehead atoms. The molecule has 1 N–H and O–H groups in total. The summed E-state index contributed by atoms with van der Waals surface area (Å²) >= 11 is 5.96. The molecule has 0 saturated carbocycles. The van der Waals surface area contributed by atoms with Gasteiger partial charge in [0.2, 0.25) is 0 Å². The third-order valence-corrected chi connectivity index (χ3v) is 2.84. The van der Waals surface area contributed by atoms with Crippen molar-refractivity contribution in [1.29, 1.82) is 5.26 Å². The van der Waals surface area contributed by atoms with Crippen molar-refractivity contribution >= 4 is 17.3 Å². The third kappa shape index (κ3) is 2.99. The fraction of sp³-hybridized carbons (Fsp3) is 0.143. The summed E-state index contributed by atoms with van der Waals surface area (Å²) in [7, 11) is 0. The van der Waals surface area contributed by atoms with E-state index in [0.29, 0.717) is 5.69 Å². The number of aromatic nitrogens is 1. The highest BCUT2D eigenvalue weighted by Crippen LogP contribution is 2.21. The maximum Gasteiger partial charge on any atom is 0.140 e. The van der Waals surface area contributed by atoms with Gasteiger partial charge < -0.3 is 5.32 Å². The van der Waals surface area contributed by atoms with Crippen molar-refractivity contribution in [2.75, 3.05) is 5.32 Å². The summed E-state index contributed by atoms with van der Waals surface area (Å²) in [6, 6.07) is 13.4. The van der Waals surface area contributed by atoms with Crippen molar-refractivity contribution in [3.63, 3.8) is 0 Å². The maximum atomic E-state index is 8.67. The van der Waals surface area contributed by atoms with Crippen LogP contribution in [0.4, 0.5) is 5.69 Å². The van der Waals surface area contributed by atoms with Crippen LogP contribution in [-0.2, 0) is 0 Å². The lowest BCUT2D eigenvalue weighted by Crippen LogP contribution is -2.06. The lowest BCUT2D eigenvalue weighted by atomic mass is 10.1. The number of nitrogens with zero attached hydrogens (tertiary/aromatic N) is 2. The molecule has 0 fully saturated rings. The molecule has 1 aromatic heterocycles. The van der Waals surface area contributed by atoms with Gasteiger partial charge in [-0.15, -0.1) is 0 Å². The van der Waals surface area contributed by atoms with Gasteiger partial charge in [-0.2, -0.15) is 5.26 Å². The van der Waals surface area contributed by atoms with E-state index in [1.165, 1.54) is 0 Å².